The van der Waals surface area contributed by atoms with Crippen LogP contribution < -0.4 is 4.74 Å². The van der Waals surface area contributed by atoms with Crippen LogP contribution in [0.15, 0.2) is 93.2 Å². The summed E-state index contributed by atoms with van der Waals surface area (Å²) in [6, 6.07) is 21.4. The van der Waals surface area contributed by atoms with Crippen LogP contribution in [0.1, 0.15) is 11.5 Å². The fourth-order valence-corrected chi connectivity index (χ4v) is 4.11. The summed E-state index contributed by atoms with van der Waals surface area (Å²) in [6.07, 6.45) is 3.35. The highest BCUT2D eigenvalue weighted by Gasteiger charge is 2.17. The van der Waals surface area contributed by atoms with E-state index in [2.05, 4.69) is 15.2 Å². The van der Waals surface area contributed by atoms with Gasteiger partial charge in [0, 0.05) is 16.9 Å². The summed E-state index contributed by atoms with van der Waals surface area (Å²) >= 11 is 1.55. The molecular weight excluding hydrogens is 424 g/mol. The lowest BCUT2D eigenvalue weighted by molar-refractivity contribution is 0.415. The number of ether oxygens (including phenoxy) is 1. The molecule has 0 amide bonds. The second-order valence-corrected chi connectivity index (χ2v) is 7.94. The molecule has 7 nitrogen and oxygen atoms in total. The molecule has 0 aliphatic heterocycles. The van der Waals surface area contributed by atoms with E-state index in [1.54, 1.807) is 31.4 Å². The summed E-state index contributed by atoms with van der Waals surface area (Å²) in [4.78, 5) is 4.61. The standard InChI is InChI=1S/C24H20N4O3S/c1-29-20-10-5-9-18(13-20)22-26-27-24(28(22)14-21-11-6-12-30-21)32-16-19-15-31-23(25-19)17-7-3-2-4-8-17/h2-13,15H,14,16H2,1H3. The van der Waals surface area contributed by atoms with Crippen LogP contribution in [-0.2, 0) is 12.3 Å². The maximum Gasteiger partial charge on any atom is 0.226 e. The van der Waals surface area contributed by atoms with Gasteiger partial charge in [-0.2, -0.15) is 0 Å². The highest BCUT2D eigenvalue weighted by Crippen LogP contribution is 2.29. The molecule has 0 unspecified atom stereocenters. The first-order valence-electron chi connectivity index (χ1n) is 10.0. The van der Waals surface area contributed by atoms with Crippen molar-refractivity contribution >= 4 is 11.8 Å². The Balaban J connectivity index is 1.41. The SMILES string of the molecule is COc1cccc(-c2nnc(SCc3coc(-c4ccccc4)n3)n2Cc2ccco2)c1. The molecule has 32 heavy (non-hydrogen) atoms. The molecule has 3 aromatic heterocycles. The molecule has 5 rings (SSSR count). The van der Waals surface area contributed by atoms with Crippen molar-refractivity contribution < 1.29 is 13.6 Å². The Kier molecular flexibility index (Phi) is 5.76. The Hall–Kier alpha value is -3.78. The summed E-state index contributed by atoms with van der Waals surface area (Å²) in [5, 5.41) is 9.67. The zero-order valence-electron chi connectivity index (χ0n) is 17.3. The van der Waals surface area contributed by atoms with Gasteiger partial charge in [-0.3, -0.25) is 4.57 Å². The van der Waals surface area contributed by atoms with Gasteiger partial charge in [-0.15, -0.1) is 10.2 Å². The van der Waals surface area contributed by atoms with E-state index in [-0.39, 0.29) is 0 Å². The van der Waals surface area contributed by atoms with Crippen LogP contribution in [0, 0.1) is 0 Å². The number of thioether (sulfide) groups is 1. The lowest BCUT2D eigenvalue weighted by Gasteiger charge is -2.09. The quantitative estimate of drug-likeness (QED) is 0.291. The second kappa shape index (κ2) is 9.15. The first-order chi connectivity index (χ1) is 15.8. The summed E-state index contributed by atoms with van der Waals surface area (Å²) in [5.74, 6) is 3.54. The lowest BCUT2D eigenvalue weighted by atomic mass is 10.2. The number of methoxy groups -OCH3 is 1. The Morgan fingerprint density at radius 3 is 2.62 bits per heavy atom. The molecule has 0 saturated heterocycles. The van der Waals surface area contributed by atoms with E-state index in [1.807, 2.05) is 71.3 Å². The van der Waals surface area contributed by atoms with Crippen molar-refractivity contribution in [2.24, 2.45) is 0 Å². The van der Waals surface area contributed by atoms with Gasteiger partial charge in [-0.05, 0) is 36.4 Å². The molecule has 0 aliphatic rings. The fraction of sp³-hybridized carbons (Fsp3) is 0.125. The minimum atomic E-state index is 0.517. The maximum atomic E-state index is 5.66. The molecular formula is C24H20N4O3S. The van der Waals surface area contributed by atoms with Gasteiger partial charge in [0.15, 0.2) is 11.0 Å². The predicted octanol–water partition coefficient (Wildman–Crippen LogP) is 5.54. The molecule has 0 atom stereocenters. The first-order valence-corrected chi connectivity index (χ1v) is 11.0. The Labute approximate surface area is 189 Å². The van der Waals surface area contributed by atoms with Crippen LogP contribution >= 0.6 is 11.8 Å². The molecule has 5 aromatic rings. The second-order valence-electron chi connectivity index (χ2n) is 7.00. The monoisotopic (exact) mass is 444 g/mol. The highest BCUT2D eigenvalue weighted by atomic mass is 32.2. The molecule has 8 heteroatoms. The Morgan fingerprint density at radius 1 is 0.938 bits per heavy atom. The van der Waals surface area contributed by atoms with Gasteiger partial charge in [0.05, 0.1) is 25.6 Å². The van der Waals surface area contributed by atoms with Crippen molar-refractivity contribution in [1.82, 2.24) is 19.7 Å². The van der Waals surface area contributed by atoms with Crippen molar-refractivity contribution in [3.05, 3.63) is 90.7 Å². The highest BCUT2D eigenvalue weighted by molar-refractivity contribution is 7.98. The van der Waals surface area contributed by atoms with Gasteiger partial charge < -0.3 is 13.6 Å². The topological polar surface area (TPSA) is 79.1 Å². The Morgan fingerprint density at radius 2 is 1.81 bits per heavy atom. The van der Waals surface area contributed by atoms with Crippen LogP contribution in [0.5, 0.6) is 5.75 Å². The van der Waals surface area contributed by atoms with Gasteiger partial charge in [0.25, 0.3) is 0 Å². The van der Waals surface area contributed by atoms with E-state index in [1.165, 1.54) is 0 Å². The molecule has 3 heterocycles. The van der Waals surface area contributed by atoms with Crippen molar-refractivity contribution in [2.45, 2.75) is 17.5 Å². The van der Waals surface area contributed by atoms with E-state index in [0.717, 1.165) is 39.3 Å². The third-order valence-corrected chi connectivity index (χ3v) is 5.86. The molecule has 0 saturated carbocycles. The number of aromatic nitrogens is 4. The predicted molar refractivity (Wildman–Crippen MR) is 121 cm³/mol. The van der Waals surface area contributed by atoms with Gasteiger partial charge in [0.2, 0.25) is 5.89 Å². The van der Waals surface area contributed by atoms with Crippen molar-refractivity contribution in [1.29, 1.82) is 0 Å². The number of nitrogens with zero attached hydrogens (tertiary/aromatic N) is 4. The van der Waals surface area contributed by atoms with Gasteiger partial charge in [-0.1, -0.05) is 42.1 Å². The van der Waals surface area contributed by atoms with Crippen LogP contribution in [0.3, 0.4) is 0 Å². The largest absolute Gasteiger partial charge is 0.497 e. The normalized spacial score (nSPS) is 11.0. The maximum absolute atomic E-state index is 5.66. The first kappa shape index (κ1) is 20.1. The third kappa shape index (κ3) is 4.31. The molecule has 0 radical (unpaired) electrons. The van der Waals surface area contributed by atoms with Crippen LogP contribution in [0.4, 0.5) is 0 Å². The van der Waals surface area contributed by atoms with Crippen molar-refractivity contribution in [3.8, 4) is 28.6 Å². The summed E-state index contributed by atoms with van der Waals surface area (Å²) in [7, 11) is 1.65. The number of furan rings is 1. The number of rotatable bonds is 8. The average Bonchev–Trinajstić information content (AvgIpc) is 3.60. The fourth-order valence-electron chi connectivity index (χ4n) is 3.30. The average molecular weight is 445 g/mol. The molecule has 0 N–H and O–H groups in total. The summed E-state index contributed by atoms with van der Waals surface area (Å²) in [6.45, 7) is 0.517. The van der Waals surface area contributed by atoms with Crippen molar-refractivity contribution in [3.63, 3.8) is 0 Å². The molecule has 0 bridgehead atoms. The Bertz CT molecular complexity index is 1300. The lowest BCUT2D eigenvalue weighted by Crippen LogP contribution is -2.03. The summed E-state index contributed by atoms with van der Waals surface area (Å²) < 4.78 is 18.6. The number of hydrogen-bond donors (Lipinski definition) is 0. The van der Waals surface area contributed by atoms with Crippen LogP contribution in [-0.4, -0.2) is 26.9 Å². The third-order valence-electron chi connectivity index (χ3n) is 4.86. The van der Waals surface area contributed by atoms with Gasteiger partial charge >= 0.3 is 0 Å². The smallest absolute Gasteiger partial charge is 0.226 e. The van der Waals surface area contributed by atoms with Gasteiger partial charge in [-0.25, -0.2) is 4.98 Å². The molecule has 160 valence electrons. The zero-order chi connectivity index (χ0) is 21.8. The van der Waals surface area contributed by atoms with Crippen molar-refractivity contribution in [2.75, 3.05) is 7.11 Å². The molecule has 0 fully saturated rings. The van der Waals surface area contributed by atoms with E-state index in [9.17, 15) is 0 Å². The zero-order valence-corrected chi connectivity index (χ0v) is 18.2. The molecule has 0 aliphatic carbocycles. The van der Waals surface area contributed by atoms with E-state index >= 15 is 0 Å². The molecule has 2 aromatic carbocycles. The molecule has 0 spiro atoms. The van der Waals surface area contributed by atoms with E-state index in [4.69, 9.17) is 13.6 Å². The van der Waals surface area contributed by atoms with E-state index < -0.39 is 0 Å². The summed E-state index contributed by atoms with van der Waals surface area (Å²) in [5.41, 5.74) is 2.71. The minimum absolute atomic E-state index is 0.517. The van der Waals surface area contributed by atoms with Crippen LogP contribution in [0.2, 0.25) is 0 Å². The van der Waals surface area contributed by atoms with E-state index in [0.29, 0.717) is 18.2 Å². The number of oxazole rings is 1. The minimum Gasteiger partial charge on any atom is -0.497 e. The number of benzene rings is 2. The number of hydrogen-bond acceptors (Lipinski definition) is 7. The van der Waals surface area contributed by atoms with Gasteiger partial charge in [0.1, 0.15) is 17.8 Å². The van der Waals surface area contributed by atoms with Crippen LogP contribution in [0.25, 0.3) is 22.8 Å².